The molecule has 0 bridgehead atoms. The number of benzene rings is 1. The minimum Gasteiger partial charge on any atom is -0.468 e. The molecule has 25 heavy (non-hydrogen) atoms. The second-order valence-electron chi connectivity index (χ2n) is 5.58. The lowest BCUT2D eigenvalue weighted by atomic mass is 10.2. The second kappa shape index (κ2) is 7.16. The van der Waals surface area contributed by atoms with E-state index < -0.39 is 15.8 Å². The second-order valence-corrected chi connectivity index (χ2v) is 7.49. The topological polar surface area (TPSA) is 63.4 Å². The average molecular weight is 360 g/mol. The summed E-state index contributed by atoms with van der Waals surface area (Å²) in [6.07, 6.45) is 3.10. The standard InChI is InChI=1S/C18H17FN2O3S/c1-14-11-15(19)7-8-18(14)25(22,23)21(13-17-6-4-10-24-17)12-16-5-2-3-9-20-16/h2-11H,12-13H2,1H3. The zero-order valence-electron chi connectivity index (χ0n) is 13.6. The molecule has 0 aliphatic carbocycles. The molecule has 5 nitrogen and oxygen atoms in total. The first kappa shape index (κ1) is 17.3. The summed E-state index contributed by atoms with van der Waals surface area (Å²) < 4.78 is 46.2. The van der Waals surface area contributed by atoms with E-state index in [0.717, 1.165) is 6.07 Å². The molecule has 0 saturated carbocycles. The Labute approximate surface area is 145 Å². The lowest BCUT2D eigenvalue weighted by Crippen LogP contribution is -2.31. The Kier molecular flexibility index (Phi) is 4.96. The number of nitrogens with zero attached hydrogens (tertiary/aromatic N) is 2. The van der Waals surface area contributed by atoms with Gasteiger partial charge >= 0.3 is 0 Å². The molecule has 0 unspecified atom stereocenters. The maximum absolute atomic E-state index is 13.4. The summed E-state index contributed by atoms with van der Waals surface area (Å²) in [5.74, 6) is 0.0398. The predicted octanol–water partition coefficient (Wildman–Crippen LogP) is 3.51. The van der Waals surface area contributed by atoms with Crippen LogP contribution in [-0.2, 0) is 23.1 Å². The highest BCUT2D eigenvalue weighted by molar-refractivity contribution is 7.89. The van der Waals surface area contributed by atoms with Crippen LogP contribution in [0.2, 0.25) is 0 Å². The van der Waals surface area contributed by atoms with Crippen molar-refractivity contribution in [1.29, 1.82) is 0 Å². The minimum absolute atomic E-state index is 0.0583. The fourth-order valence-corrected chi connectivity index (χ4v) is 4.10. The Balaban J connectivity index is 1.99. The Morgan fingerprint density at radius 3 is 2.60 bits per heavy atom. The van der Waals surface area contributed by atoms with Gasteiger partial charge in [-0.05, 0) is 55.0 Å². The number of hydrogen-bond acceptors (Lipinski definition) is 4. The molecule has 0 saturated heterocycles. The Morgan fingerprint density at radius 1 is 1.12 bits per heavy atom. The van der Waals surface area contributed by atoms with Gasteiger partial charge in [-0.2, -0.15) is 4.31 Å². The number of hydrogen-bond donors (Lipinski definition) is 0. The number of aromatic nitrogens is 1. The molecule has 130 valence electrons. The van der Waals surface area contributed by atoms with Gasteiger partial charge in [-0.1, -0.05) is 6.07 Å². The van der Waals surface area contributed by atoms with E-state index in [-0.39, 0.29) is 18.0 Å². The van der Waals surface area contributed by atoms with Gasteiger partial charge in [-0.3, -0.25) is 4.98 Å². The van der Waals surface area contributed by atoms with Crippen molar-refractivity contribution in [3.05, 3.63) is 83.8 Å². The van der Waals surface area contributed by atoms with Gasteiger partial charge in [-0.15, -0.1) is 0 Å². The smallest absolute Gasteiger partial charge is 0.244 e. The number of aryl methyl sites for hydroxylation is 1. The van der Waals surface area contributed by atoms with Crippen LogP contribution < -0.4 is 0 Å². The summed E-state index contributed by atoms with van der Waals surface area (Å²) in [7, 11) is -3.86. The molecule has 1 aromatic carbocycles. The summed E-state index contributed by atoms with van der Waals surface area (Å²) in [5, 5.41) is 0. The molecule has 2 aromatic heterocycles. The third kappa shape index (κ3) is 3.94. The summed E-state index contributed by atoms with van der Waals surface area (Å²) in [5.41, 5.74) is 0.961. The number of furan rings is 1. The predicted molar refractivity (Wildman–Crippen MR) is 90.5 cm³/mol. The lowest BCUT2D eigenvalue weighted by Gasteiger charge is -2.22. The molecule has 2 heterocycles. The molecule has 0 atom stereocenters. The number of pyridine rings is 1. The van der Waals surface area contributed by atoms with E-state index in [4.69, 9.17) is 4.42 Å². The molecule has 0 amide bonds. The Bertz CT molecular complexity index is 942. The van der Waals surface area contributed by atoms with E-state index in [1.165, 1.54) is 22.7 Å². The van der Waals surface area contributed by atoms with Gasteiger partial charge < -0.3 is 4.42 Å². The fraction of sp³-hybridized carbons (Fsp3) is 0.167. The monoisotopic (exact) mass is 360 g/mol. The van der Waals surface area contributed by atoms with Gasteiger partial charge in [0.25, 0.3) is 0 Å². The van der Waals surface area contributed by atoms with Crippen LogP contribution in [0.5, 0.6) is 0 Å². The lowest BCUT2D eigenvalue weighted by molar-refractivity contribution is 0.355. The zero-order valence-corrected chi connectivity index (χ0v) is 14.4. The van der Waals surface area contributed by atoms with Crippen molar-refractivity contribution in [2.24, 2.45) is 0 Å². The SMILES string of the molecule is Cc1cc(F)ccc1S(=O)(=O)N(Cc1ccccn1)Cc1ccco1. The van der Waals surface area contributed by atoms with Crippen LogP contribution in [0.4, 0.5) is 4.39 Å². The van der Waals surface area contributed by atoms with E-state index in [1.54, 1.807) is 43.5 Å². The number of rotatable bonds is 6. The summed E-state index contributed by atoms with van der Waals surface area (Å²) >= 11 is 0. The van der Waals surface area contributed by atoms with E-state index in [1.807, 2.05) is 0 Å². The number of halogens is 1. The Morgan fingerprint density at radius 2 is 1.96 bits per heavy atom. The molecule has 0 fully saturated rings. The van der Waals surface area contributed by atoms with E-state index in [0.29, 0.717) is 17.0 Å². The van der Waals surface area contributed by atoms with Crippen LogP contribution in [0, 0.1) is 12.7 Å². The van der Waals surface area contributed by atoms with Gasteiger partial charge in [0, 0.05) is 6.20 Å². The highest BCUT2D eigenvalue weighted by atomic mass is 32.2. The molecular weight excluding hydrogens is 343 g/mol. The van der Waals surface area contributed by atoms with E-state index in [2.05, 4.69) is 4.98 Å². The van der Waals surface area contributed by atoms with Crippen LogP contribution >= 0.6 is 0 Å². The maximum Gasteiger partial charge on any atom is 0.244 e. The average Bonchev–Trinajstić information content (AvgIpc) is 3.08. The van der Waals surface area contributed by atoms with Gasteiger partial charge in [0.05, 0.1) is 29.9 Å². The van der Waals surface area contributed by atoms with Crippen molar-refractivity contribution in [2.45, 2.75) is 24.9 Å². The fourth-order valence-electron chi connectivity index (χ4n) is 2.52. The molecule has 0 N–H and O–H groups in total. The summed E-state index contributed by atoms with van der Waals surface area (Å²) in [6.45, 7) is 1.71. The zero-order chi connectivity index (χ0) is 17.9. The Hall–Kier alpha value is -2.51. The van der Waals surface area contributed by atoms with Crippen molar-refractivity contribution in [3.8, 4) is 0 Å². The molecule has 3 aromatic rings. The first-order valence-electron chi connectivity index (χ1n) is 7.65. The molecule has 0 aliphatic heterocycles. The van der Waals surface area contributed by atoms with Crippen LogP contribution in [0.1, 0.15) is 17.0 Å². The van der Waals surface area contributed by atoms with Crippen LogP contribution in [0.25, 0.3) is 0 Å². The minimum atomic E-state index is -3.86. The number of sulfonamides is 1. The van der Waals surface area contributed by atoms with Crippen LogP contribution in [0.15, 0.2) is 70.3 Å². The molecule has 0 radical (unpaired) electrons. The largest absolute Gasteiger partial charge is 0.468 e. The third-order valence-electron chi connectivity index (χ3n) is 3.73. The van der Waals surface area contributed by atoms with E-state index in [9.17, 15) is 12.8 Å². The quantitative estimate of drug-likeness (QED) is 0.675. The van der Waals surface area contributed by atoms with Crippen LogP contribution in [-0.4, -0.2) is 17.7 Å². The van der Waals surface area contributed by atoms with Crippen molar-refractivity contribution in [2.75, 3.05) is 0 Å². The highest BCUT2D eigenvalue weighted by Crippen LogP contribution is 2.24. The van der Waals surface area contributed by atoms with Crippen molar-refractivity contribution in [1.82, 2.24) is 9.29 Å². The van der Waals surface area contributed by atoms with Gasteiger partial charge in [0.2, 0.25) is 10.0 Å². The van der Waals surface area contributed by atoms with Gasteiger partial charge in [0.1, 0.15) is 11.6 Å². The summed E-state index contributed by atoms with van der Waals surface area (Å²) in [4.78, 5) is 4.26. The van der Waals surface area contributed by atoms with Crippen molar-refractivity contribution >= 4 is 10.0 Å². The molecular formula is C18H17FN2O3S. The highest BCUT2D eigenvalue weighted by Gasteiger charge is 2.27. The first-order chi connectivity index (χ1) is 12.0. The van der Waals surface area contributed by atoms with Crippen molar-refractivity contribution < 1.29 is 17.2 Å². The van der Waals surface area contributed by atoms with E-state index >= 15 is 0 Å². The molecule has 0 aliphatic rings. The van der Waals surface area contributed by atoms with Crippen LogP contribution in [0.3, 0.4) is 0 Å². The maximum atomic E-state index is 13.4. The molecule has 3 rings (SSSR count). The van der Waals surface area contributed by atoms with Gasteiger partial charge in [0.15, 0.2) is 0 Å². The molecule has 0 spiro atoms. The normalized spacial score (nSPS) is 11.8. The first-order valence-corrected chi connectivity index (χ1v) is 9.09. The third-order valence-corrected chi connectivity index (χ3v) is 5.68. The molecule has 7 heteroatoms. The van der Waals surface area contributed by atoms with Crippen molar-refractivity contribution in [3.63, 3.8) is 0 Å². The summed E-state index contributed by atoms with van der Waals surface area (Å²) in [6, 6.07) is 12.4. The van der Waals surface area contributed by atoms with Gasteiger partial charge in [-0.25, -0.2) is 12.8 Å².